The maximum Gasteiger partial charge on any atom is 0.144 e. The smallest absolute Gasteiger partial charge is 0.144 e. The van der Waals surface area contributed by atoms with E-state index >= 15 is 0 Å². The first-order valence-corrected chi connectivity index (χ1v) is 4.52. The van der Waals surface area contributed by atoms with Crippen LogP contribution in [0.4, 0.5) is 8.78 Å². The summed E-state index contributed by atoms with van der Waals surface area (Å²) in [5.41, 5.74) is 0.188. The van der Waals surface area contributed by atoms with Gasteiger partial charge in [-0.15, -0.1) is 0 Å². The second-order valence-corrected chi connectivity index (χ2v) is 3.79. The van der Waals surface area contributed by atoms with Gasteiger partial charge in [0.05, 0.1) is 0 Å². The van der Waals surface area contributed by atoms with Crippen molar-refractivity contribution < 1.29 is 8.78 Å². The number of benzene rings is 1. The fraction of sp³-hybridized carbons (Fsp3) is 0.364. The van der Waals surface area contributed by atoms with Crippen molar-refractivity contribution in [3.63, 3.8) is 0 Å². The molecule has 0 radical (unpaired) electrons. The topological polar surface area (TPSA) is 23.8 Å². The average Bonchev–Trinajstić information content (AvgIpc) is 2.82. The molecule has 1 fully saturated rings. The van der Waals surface area contributed by atoms with Crippen LogP contribution in [0.15, 0.2) is 12.1 Å². The van der Waals surface area contributed by atoms with Gasteiger partial charge in [-0.2, -0.15) is 5.26 Å². The van der Waals surface area contributed by atoms with Crippen molar-refractivity contribution in [3.05, 3.63) is 34.9 Å². The summed E-state index contributed by atoms with van der Waals surface area (Å²) in [7, 11) is 0. The largest absolute Gasteiger partial charge is 0.205 e. The maximum absolute atomic E-state index is 13.2. The third kappa shape index (κ3) is 1.37. The van der Waals surface area contributed by atoms with Crippen LogP contribution in [0.25, 0.3) is 0 Å². The van der Waals surface area contributed by atoms with Crippen molar-refractivity contribution in [1.82, 2.24) is 0 Å². The minimum absolute atomic E-state index is 0.270. The number of nitrogens with zero attached hydrogens (tertiary/aromatic N) is 1. The normalized spacial score (nSPS) is 24.4. The Bertz CT molecular complexity index is 397. The molecule has 1 aromatic carbocycles. The predicted molar refractivity (Wildman–Crippen MR) is 47.6 cm³/mol. The van der Waals surface area contributed by atoms with Gasteiger partial charge in [-0.1, -0.05) is 6.92 Å². The van der Waals surface area contributed by atoms with Crippen molar-refractivity contribution in [2.24, 2.45) is 5.92 Å². The zero-order chi connectivity index (χ0) is 10.3. The second kappa shape index (κ2) is 3.06. The zero-order valence-electron chi connectivity index (χ0n) is 7.72. The summed E-state index contributed by atoms with van der Waals surface area (Å²) in [6.07, 6.45) is 0.977. The van der Waals surface area contributed by atoms with E-state index in [2.05, 4.69) is 0 Å². The maximum atomic E-state index is 13.2. The second-order valence-electron chi connectivity index (χ2n) is 3.79. The molecule has 0 unspecified atom stereocenters. The van der Waals surface area contributed by atoms with Crippen LogP contribution >= 0.6 is 0 Å². The van der Waals surface area contributed by atoms with E-state index in [9.17, 15) is 8.78 Å². The van der Waals surface area contributed by atoms with E-state index in [0.29, 0.717) is 11.5 Å². The Kier molecular flexibility index (Phi) is 1.99. The summed E-state index contributed by atoms with van der Waals surface area (Å²) in [5, 5.41) is 8.47. The molecular formula is C11H9F2N. The standard InChI is InChI=1S/C11H9F2N/c1-6-2-8(6)7-3-10(12)9(5-14)11(13)4-7/h3-4,6,8H,2H2,1H3/t6-,8-/m0/s1. The van der Waals surface area contributed by atoms with Gasteiger partial charge in [0.15, 0.2) is 0 Å². The Balaban J connectivity index is 2.43. The van der Waals surface area contributed by atoms with Crippen molar-refractivity contribution in [1.29, 1.82) is 5.26 Å². The first-order valence-electron chi connectivity index (χ1n) is 4.52. The third-order valence-corrected chi connectivity index (χ3v) is 2.71. The molecular weight excluding hydrogens is 184 g/mol. The van der Waals surface area contributed by atoms with Gasteiger partial charge in [0, 0.05) is 0 Å². The Morgan fingerprint density at radius 2 is 1.86 bits per heavy atom. The molecule has 0 saturated heterocycles. The molecule has 0 spiro atoms. The van der Waals surface area contributed by atoms with E-state index in [1.165, 1.54) is 18.2 Å². The highest BCUT2D eigenvalue weighted by molar-refractivity contribution is 5.38. The first-order chi connectivity index (χ1) is 6.63. The molecule has 0 aliphatic heterocycles. The van der Waals surface area contributed by atoms with E-state index in [-0.39, 0.29) is 5.92 Å². The van der Waals surface area contributed by atoms with E-state index in [0.717, 1.165) is 6.42 Å². The molecule has 0 heterocycles. The summed E-state index contributed by atoms with van der Waals surface area (Å²) in [6, 6.07) is 4.06. The zero-order valence-corrected chi connectivity index (χ0v) is 7.72. The number of hydrogen-bond donors (Lipinski definition) is 0. The van der Waals surface area contributed by atoms with Crippen LogP contribution < -0.4 is 0 Å². The average molecular weight is 193 g/mol. The lowest BCUT2D eigenvalue weighted by Crippen LogP contribution is -1.93. The van der Waals surface area contributed by atoms with E-state index < -0.39 is 17.2 Å². The summed E-state index contributed by atoms with van der Waals surface area (Å²) >= 11 is 0. The number of rotatable bonds is 1. The van der Waals surface area contributed by atoms with Crippen LogP contribution in [0.1, 0.15) is 30.4 Å². The van der Waals surface area contributed by atoms with E-state index in [1.54, 1.807) is 0 Å². The Morgan fingerprint density at radius 1 is 1.36 bits per heavy atom. The molecule has 1 aliphatic rings. The van der Waals surface area contributed by atoms with Crippen LogP contribution in [0, 0.1) is 28.9 Å². The van der Waals surface area contributed by atoms with Crippen molar-refractivity contribution in [3.8, 4) is 6.07 Å². The van der Waals surface area contributed by atoms with Gasteiger partial charge in [0.2, 0.25) is 0 Å². The summed E-state index contributed by atoms with van der Waals surface area (Å²) in [4.78, 5) is 0. The van der Waals surface area contributed by atoms with Gasteiger partial charge in [0.25, 0.3) is 0 Å². The molecule has 3 heteroatoms. The van der Waals surface area contributed by atoms with Gasteiger partial charge in [0.1, 0.15) is 23.3 Å². The Hall–Kier alpha value is -1.43. The highest BCUT2D eigenvalue weighted by atomic mass is 19.1. The van der Waals surface area contributed by atoms with Crippen molar-refractivity contribution >= 4 is 0 Å². The van der Waals surface area contributed by atoms with E-state index in [4.69, 9.17) is 5.26 Å². The number of hydrogen-bond acceptors (Lipinski definition) is 1. The molecule has 1 aliphatic carbocycles. The lowest BCUT2D eigenvalue weighted by molar-refractivity contribution is 0.573. The molecule has 0 N–H and O–H groups in total. The first kappa shape index (κ1) is 9.14. The van der Waals surface area contributed by atoms with Gasteiger partial charge in [-0.3, -0.25) is 0 Å². The molecule has 72 valence electrons. The molecule has 1 aromatic rings. The van der Waals surface area contributed by atoms with Gasteiger partial charge in [-0.05, 0) is 36.0 Å². The lowest BCUT2D eigenvalue weighted by atomic mass is 10.1. The Morgan fingerprint density at radius 3 is 2.21 bits per heavy atom. The summed E-state index contributed by atoms with van der Waals surface area (Å²) < 4.78 is 26.3. The quantitative estimate of drug-likeness (QED) is 0.672. The SMILES string of the molecule is C[C@H]1C[C@@H]1c1cc(F)c(C#N)c(F)c1. The fourth-order valence-electron chi connectivity index (χ4n) is 1.70. The monoisotopic (exact) mass is 193 g/mol. The van der Waals surface area contributed by atoms with Crippen LogP contribution in [-0.2, 0) is 0 Å². The highest BCUT2D eigenvalue weighted by Gasteiger charge is 2.34. The van der Waals surface area contributed by atoms with Gasteiger partial charge < -0.3 is 0 Å². The number of nitriles is 1. The summed E-state index contributed by atoms with van der Waals surface area (Å²) in [5.74, 6) is -0.725. The van der Waals surface area contributed by atoms with Crippen LogP contribution in [0.3, 0.4) is 0 Å². The minimum atomic E-state index is -0.749. The molecule has 2 rings (SSSR count). The van der Waals surface area contributed by atoms with Gasteiger partial charge in [-0.25, -0.2) is 8.78 Å². The molecule has 0 bridgehead atoms. The number of halogens is 2. The molecule has 2 atom stereocenters. The summed E-state index contributed by atoms with van der Waals surface area (Å²) in [6.45, 7) is 2.04. The lowest BCUT2D eigenvalue weighted by Gasteiger charge is -2.01. The van der Waals surface area contributed by atoms with Crippen molar-refractivity contribution in [2.45, 2.75) is 19.3 Å². The minimum Gasteiger partial charge on any atom is -0.205 e. The molecule has 0 aromatic heterocycles. The fourth-order valence-corrected chi connectivity index (χ4v) is 1.70. The predicted octanol–water partition coefficient (Wildman–Crippen LogP) is 2.96. The Labute approximate surface area is 81.0 Å². The van der Waals surface area contributed by atoms with Crippen LogP contribution in [0.2, 0.25) is 0 Å². The molecule has 14 heavy (non-hydrogen) atoms. The van der Waals surface area contributed by atoms with Crippen molar-refractivity contribution in [2.75, 3.05) is 0 Å². The third-order valence-electron chi connectivity index (χ3n) is 2.71. The van der Waals surface area contributed by atoms with Gasteiger partial charge >= 0.3 is 0 Å². The molecule has 0 amide bonds. The van der Waals surface area contributed by atoms with Crippen LogP contribution in [0.5, 0.6) is 0 Å². The van der Waals surface area contributed by atoms with Crippen LogP contribution in [-0.4, -0.2) is 0 Å². The van der Waals surface area contributed by atoms with E-state index in [1.807, 2.05) is 6.92 Å². The molecule has 1 nitrogen and oxygen atoms in total. The molecule has 1 saturated carbocycles. The highest BCUT2D eigenvalue weighted by Crippen LogP contribution is 2.47.